The number of cyclic esters (lactones) is 1. The van der Waals surface area contributed by atoms with Crippen molar-refractivity contribution in [2.75, 3.05) is 6.61 Å². The van der Waals surface area contributed by atoms with Crippen molar-refractivity contribution in [1.82, 2.24) is 0 Å². The summed E-state index contributed by atoms with van der Waals surface area (Å²) in [6.45, 7) is 0.727. The Balaban J connectivity index is 1.99. The number of hydrogen-bond acceptors (Lipinski definition) is 2. The molecule has 3 saturated carbocycles. The van der Waals surface area contributed by atoms with Crippen LogP contribution in [0, 0.1) is 23.7 Å². The normalized spacial score (nSPS) is 55.8. The minimum atomic E-state index is 0.0845. The molecule has 3 aliphatic carbocycles. The van der Waals surface area contributed by atoms with Crippen LogP contribution in [0.15, 0.2) is 0 Å². The molecule has 0 N–H and O–H groups in total. The summed E-state index contributed by atoms with van der Waals surface area (Å²) in [4.78, 5) is 11.1. The van der Waals surface area contributed by atoms with Crippen molar-refractivity contribution in [2.24, 2.45) is 23.7 Å². The fourth-order valence-electron chi connectivity index (χ4n) is 2.90. The summed E-state index contributed by atoms with van der Waals surface area (Å²) in [5, 5.41) is 0. The lowest BCUT2D eigenvalue weighted by atomic mass is 9.70. The maximum atomic E-state index is 11.1. The fourth-order valence-corrected chi connectivity index (χ4v) is 2.90. The monoisotopic (exact) mass is 138 g/mol. The van der Waals surface area contributed by atoms with E-state index in [1.54, 1.807) is 0 Å². The molecule has 2 nitrogen and oxygen atoms in total. The first-order valence-electron chi connectivity index (χ1n) is 4.03. The highest BCUT2D eigenvalue weighted by Crippen LogP contribution is 2.59. The van der Waals surface area contributed by atoms with Gasteiger partial charge in [-0.2, -0.15) is 0 Å². The zero-order valence-corrected chi connectivity index (χ0v) is 5.75. The van der Waals surface area contributed by atoms with Gasteiger partial charge in [-0.15, -0.1) is 0 Å². The quantitative estimate of drug-likeness (QED) is 0.463. The molecule has 4 fully saturated rings. The van der Waals surface area contributed by atoms with Gasteiger partial charge in [-0.3, -0.25) is 4.79 Å². The van der Waals surface area contributed by atoms with Gasteiger partial charge in [0.25, 0.3) is 0 Å². The highest BCUT2D eigenvalue weighted by molar-refractivity contribution is 5.75. The lowest BCUT2D eigenvalue weighted by molar-refractivity contribution is -0.160. The molecule has 4 atom stereocenters. The van der Waals surface area contributed by atoms with E-state index in [1.807, 2.05) is 0 Å². The molecular weight excluding hydrogens is 128 g/mol. The molecule has 0 aromatic rings. The first-order chi connectivity index (χ1) is 4.86. The van der Waals surface area contributed by atoms with Gasteiger partial charge >= 0.3 is 5.97 Å². The Kier molecular flexibility index (Phi) is 0.715. The molecule has 0 spiro atoms. The highest BCUT2D eigenvalue weighted by Gasteiger charge is 2.58. The van der Waals surface area contributed by atoms with Gasteiger partial charge in [0, 0.05) is 0 Å². The molecule has 4 aliphatic rings. The first-order valence-corrected chi connectivity index (χ1v) is 4.03. The third-order valence-electron chi connectivity index (χ3n) is 3.52. The van der Waals surface area contributed by atoms with Gasteiger partial charge in [0.15, 0.2) is 0 Å². The second-order valence-corrected chi connectivity index (χ2v) is 3.80. The van der Waals surface area contributed by atoms with Crippen LogP contribution in [0.2, 0.25) is 0 Å². The van der Waals surface area contributed by atoms with Gasteiger partial charge in [-0.25, -0.2) is 0 Å². The maximum absolute atomic E-state index is 11.1. The molecule has 54 valence electrons. The van der Waals surface area contributed by atoms with Crippen molar-refractivity contribution in [1.29, 1.82) is 0 Å². The average Bonchev–Trinajstić information content (AvgIpc) is 2.37. The van der Waals surface area contributed by atoms with Gasteiger partial charge in [-0.1, -0.05) is 0 Å². The summed E-state index contributed by atoms with van der Waals surface area (Å²) in [6, 6.07) is 0. The molecule has 4 rings (SSSR count). The van der Waals surface area contributed by atoms with E-state index >= 15 is 0 Å². The van der Waals surface area contributed by atoms with Gasteiger partial charge in [0.1, 0.15) is 0 Å². The lowest BCUT2D eigenvalue weighted by Crippen LogP contribution is -2.40. The average molecular weight is 138 g/mol. The van der Waals surface area contributed by atoms with Crippen molar-refractivity contribution in [3.8, 4) is 0 Å². The molecule has 1 aliphatic heterocycles. The van der Waals surface area contributed by atoms with Crippen molar-refractivity contribution in [2.45, 2.75) is 12.8 Å². The molecule has 4 unspecified atom stereocenters. The second-order valence-electron chi connectivity index (χ2n) is 3.80. The topological polar surface area (TPSA) is 26.3 Å². The van der Waals surface area contributed by atoms with Crippen molar-refractivity contribution in [3.63, 3.8) is 0 Å². The molecule has 0 aromatic carbocycles. The Hall–Kier alpha value is -0.530. The predicted molar refractivity (Wildman–Crippen MR) is 34.2 cm³/mol. The van der Waals surface area contributed by atoms with Crippen LogP contribution in [-0.2, 0) is 9.53 Å². The number of esters is 1. The smallest absolute Gasteiger partial charge is 0.309 e. The number of ether oxygens (including phenoxy) is 1. The van der Waals surface area contributed by atoms with Crippen molar-refractivity contribution in [3.05, 3.63) is 0 Å². The van der Waals surface area contributed by atoms with Gasteiger partial charge < -0.3 is 4.74 Å². The van der Waals surface area contributed by atoms with E-state index in [0.717, 1.165) is 30.8 Å². The zero-order chi connectivity index (χ0) is 6.72. The minimum absolute atomic E-state index is 0.0845. The van der Waals surface area contributed by atoms with E-state index in [9.17, 15) is 4.79 Å². The Morgan fingerprint density at radius 1 is 1.30 bits per heavy atom. The summed E-state index contributed by atoms with van der Waals surface area (Å²) in [5.74, 6) is 2.74. The van der Waals surface area contributed by atoms with E-state index < -0.39 is 0 Å². The Labute approximate surface area is 59.6 Å². The summed E-state index contributed by atoms with van der Waals surface area (Å²) in [6.07, 6.45) is 2.44. The molecule has 0 radical (unpaired) electrons. The second kappa shape index (κ2) is 1.39. The summed E-state index contributed by atoms with van der Waals surface area (Å²) >= 11 is 0. The predicted octanol–water partition coefficient (Wildman–Crippen LogP) is 0.815. The van der Waals surface area contributed by atoms with Gasteiger partial charge in [-0.05, 0) is 30.6 Å². The van der Waals surface area contributed by atoms with Crippen molar-refractivity contribution >= 4 is 5.97 Å². The Morgan fingerprint density at radius 2 is 2.20 bits per heavy atom. The molecule has 10 heavy (non-hydrogen) atoms. The Morgan fingerprint density at radius 3 is 3.00 bits per heavy atom. The van der Waals surface area contributed by atoms with Gasteiger partial charge in [0.2, 0.25) is 0 Å². The molecule has 0 aromatic heterocycles. The van der Waals surface area contributed by atoms with Crippen LogP contribution in [0.5, 0.6) is 0 Å². The molecule has 4 bridgehead atoms. The van der Waals surface area contributed by atoms with Crippen LogP contribution in [-0.4, -0.2) is 12.6 Å². The van der Waals surface area contributed by atoms with Crippen LogP contribution in [0.4, 0.5) is 0 Å². The minimum Gasteiger partial charge on any atom is -0.465 e. The molecular formula is C8H10O2. The summed E-state index contributed by atoms with van der Waals surface area (Å²) in [7, 11) is 0. The van der Waals surface area contributed by atoms with Gasteiger partial charge in [0.05, 0.1) is 12.5 Å². The first kappa shape index (κ1) is 5.16. The zero-order valence-electron chi connectivity index (χ0n) is 5.75. The van der Waals surface area contributed by atoms with Crippen LogP contribution in [0.25, 0.3) is 0 Å². The summed E-state index contributed by atoms with van der Waals surface area (Å²) < 4.78 is 5.03. The number of carbonyl (C=O) groups excluding carboxylic acids is 1. The molecule has 1 saturated heterocycles. The SMILES string of the molecule is O=C1OCC2C3CC1C2C3. The van der Waals surface area contributed by atoms with Crippen molar-refractivity contribution < 1.29 is 9.53 Å². The van der Waals surface area contributed by atoms with Crippen LogP contribution in [0.1, 0.15) is 12.8 Å². The van der Waals surface area contributed by atoms with Crippen LogP contribution >= 0.6 is 0 Å². The number of rotatable bonds is 0. The standard InChI is InChI=1S/C8H10O2/c9-8-6-2-4-1-5(6)7(4)3-10-8/h4-7H,1-3H2. The number of hydrogen-bond donors (Lipinski definition) is 0. The third kappa shape index (κ3) is 0.386. The van der Waals surface area contributed by atoms with Crippen LogP contribution in [0.3, 0.4) is 0 Å². The number of carbonyl (C=O) groups is 1. The molecule has 1 heterocycles. The largest absolute Gasteiger partial charge is 0.465 e. The molecule has 0 amide bonds. The Bertz CT molecular complexity index is 199. The third-order valence-corrected chi connectivity index (χ3v) is 3.52. The lowest BCUT2D eigenvalue weighted by Gasteiger charge is -2.38. The highest BCUT2D eigenvalue weighted by atomic mass is 16.5. The van der Waals surface area contributed by atoms with Crippen LogP contribution < -0.4 is 0 Å². The van der Waals surface area contributed by atoms with E-state index in [-0.39, 0.29) is 5.97 Å². The van der Waals surface area contributed by atoms with E-state index in [0.29, 0.717) is 5.92 Å². The summed E-state index contributed by atoms with van der Waals surface area (Å²) in [5.41, 5.74) is 0. The van der Waals surface area contributed by atoms with E-state index in [1.165, 1.54) is 6.42 Å². The van der Waals surface area contributed by atoms with E-state index in [2.05, 4.69) is 0 Å². The van der Waals surface area contributed by atoms with E-state index in [4.69, 9.17) is 4.74 Å². The maximum Gasteiger partial charge on any atom is 0.309 e. The fraction of sp³-hybridized carbons (Fsp3) is 0.875. The molecule has 2 heteroatoms.